The summed E-state index contributed by atoms with van der Waals surface area (Å²) in [5, 5.41) is 6.64. The van der Waals surface area contributed by atoms with Gasteiger partial charge in [0.15, 0.2) is 11.0 Å². The molecule has 0 aliphatic heterocycles. The summed E-state index contributed by atoms with van der Waals surface area (Å²) in [6, 6.07) is 0. The zero-order valence-corrected chi connectivity index (χ0v) is 8.65. The number of hydrogen-bond donors (Lipinski definition) is 1. The van der Waals surface area contributed by atoms with Gasteiger partial charge < -0.3 is 0 Å². The number of aromatic amines is 1. The highest BCUT2D eigenvalue weighted by atomic mass is 35.5. The maximum atomic E-state index is 5.75. The summed E-state index contributed by atoms with van der Waals surface area (Å²) >= 11 is 5.75. The van der Waals surface area contributed by atoms with Crippen molar-refractivity contribution in [1.82, 2.24) is 25.1 Å². The van der Waals surface area contributed by atoms with Crippen LogP contribution in [0.5, 0.6) is 0 Å². The van der Waals surface area contributed by atoms with Gasteiger partial charge in [0.05, 0.1) is 0 Å². The molecular weight excluding hydrogens is 202 g/mol. The Morgan fingerprint density at radius 3 is 2.43 bits per heavy atom. The molecule has 0 aromatic carbocycles. The Morgan fingerprint density at radius 1 is 1.14 bits per heavy atom. The van der Waals surface area contributed by atoms with E-state index < -0.39 is 0 Å². The van der Waals surface area contributed by atoms with Crippen molar-refractivity contribution in [2.75, 3.05) is 0 Å². The average molecular weight is 212 g/mol. The van der Waals surface area contributed by atoms with Crippen LogP contribution in [0, 0.1) is 0 Å². The van der Waals surface area contributed by atoms with Gasteiger partial charge in [0.2, 0.25) is 0 Å². The van der Waals surface area contributed by atoms with Gasteiger partial charge in [-0.2, -0.15) is 5.10 Å². The average Bonchev–Trinajstić information content (AvgIpc) is 2.75. The molecule has 1 N–H and O–H groups in total. The second kappa shape index (κ2) is 5.29. The first-order chi connectivity index (χ1) is 6.88. The number of nitrogens with zero attached hydrogens (tertiary/aromatic N) is 4. The number of aromatic nitrogens is 5. The molecule has 14 heavy (non-hydrogen) atoms. The van der Waals surface area contributed by atoms with E-state index in [4.69, 9.17) is 11.6 Å². The van der Waals surface area contributed by atoms with Crippen LogP contribution >= 0.6 is 11.6 Å². The molecule has 0 fully saturated rings. The first-order valence-electron chi connectivity index (χ1n) is 4.20. The molecule has 0 aliphatic carbocycles. The highest BCUT2D eigenvalue weighted by Crippen LogP contribution is 2.17. The third kappa shape index (κ3) is 2.26. The minimum absolute atomic E-state index is 0.314. The maximum absolute atomic E-state index is 5.75. The second-order valence-electron chi connectivity index (χ2n) is 2.03. The molecule has 2 rings (SSSR count). The van der Waals surface area contributed by atoms with Crippen LogP contribution in [-0.4, -0.2) is 25.1 Å². The molecule has 0 radical (unpaired) electrons. The van der Waals surface area contributed by atoms with Crippen molar-refractivity contribution in [3.8, 4) is 11.5 Å². The lowest BCUT2D eigenvalue weighted by Crippen LogP contribution is -1.88. The lowest BCUT2D eigenvalue weighted by molar-refractivity contribution is 1.08. The fourth-order valence-electron chi connectivity index (χ4n) is 0.799. The minimum Gasteiger partial charge on any atom is -0.258 e. The third-order valence-corrected chi connectivity index (χ3v) is 1.57. The first-order valence-corrected chi connectivity index (χ1v) is 4.58. The molecule has 0 bridgehead atoms. The van der Waals surface area contributed by atoms with Crippen molar-refractivity contribution >= 4 is 11.6 Å². The number of nitrogens with one attached hydrogen (secondary N) is 1. The predicted molar refractivity (Wildman–Crippen MR) is 53.8 cm³/mol. The summed E-state index contributed by atoms with van der Waals surface area (Å²) in [7, 11) is 0. The predicted octanol–water partition coefficient (Wildman–Crippen LogP) is 1.94. The summed E-state index contributed by atoms with van der Waals surface area (Å²) < 4.78 is 0. The Hall–Kier alpha value is -1.49. The largest absolute Gasteiger partial charge is 0.258 e. The highest BCUT2D eigenvalue weighted by Gasteiger charge is 2.06. The van der Waals surface area contributed by atoms with Gasteiger partial charge in [0.1, 0.15) is 12.0 Å². The van der Waals surface area contributed by atoms with Gasteiger partial charge in [0, 0.05) is 12.4 Å². The Bertz CT molecular complexity index is 373. The van der Waals surface area contributed by atoms with E-state index in [1.54, 1.807) is 6.20 Å². The lowest BCUT2D eigenvalue weighted by Gasteiger charge is -1.94. The number of hydrogen-bond acceptors (Lipinski definition) is 4. The van der Waals surface area contributed by atoms with E-state index in [9.17, 15) is 0 Å². The van der Waals surface area contributed by atoms with Crippen LogP contribution in [0.25, 0.3) is 11.5 Å². The van der Waals surface area contributed by atoms with E-state index in [1.807, 2.05) is 13.8 Å². The summed E-state index contributed by atoms with van der Waals surface area (Å²) in [4.78, 5) is 11.7. The molecule has 2 heterocycles. The summed E-state index contributed by atoms with van der Waals surface area (Å²) in [6.45, 7) is 4.00. The molecule has 0 aliphatic rings. The standard InChI is InChI=1S/C6H4ClN5.C2H6/c7-5-4(8-1-2-9-5)6-10-3-11-12-6;1-2/h1-3H,(H,10,11,12);1-2H3. The van der Waals surface area contributed by atoms with Crippen molar-refractivity contribution in [2.24, 2.45) is 0 Å². The highest BCUT2D eigenvalue weighted by molar-refractivity contribution is 6.31. The number of H-pyrrole nitrogens is 1. The molecule has 0 atom stereocenters. The monoisotopic (exact) mass is 211 g/mol. The van der Waals surface area contributed by atoms with E-state index in [1.165, 1.54) is 12.5 Å². The summed E-state index contributed by atoms with van der Waals surface area (Å²) in [5.41, 5.74) is 0.511. The zero-order valence-electron chi connectivity index (χ0n) is 7.90. The number of rotatable bonds is 1. The molecule has 0 saturated heterocycles. The quantitative estimate of drug-likeness (QED) is 0.783. The second-order valence-corrected chi connectivity index (χ2v) is 2.39. The summed E-state index contributed by atoms with van der Waals surface area (Å²) in [6.07, 6.45) is 4.45. The van der Waals surface area contributed by atoms with E-state index in [2.05, 4.69) is 25.1 Å². The summed E-state index contributed by atoms with van der Waals surface area (Å²) in [5.74, 6) is 0.521. The Kier molecular flexibility index (Phi) is 4.00. The smallest absolute Gasteiger partial charge is 0.177 e. The van der Waals surface area contributed by atoms with Crippen LogP contribution in [0.3, 0.4) is 0 Å². The van der Waals surface area contributed by atoms with Crippen LogP contribution < -0.4 is 0 Å². The molecule has 2 aromatic heterocycles. The van der Waals surface area contributed by atoms with Gasteiger partial charge in [0.25, 0.3) is 0 Å². The van der Waals surface area contributed by atoms with Crippen molar-refractivity contribution < 1.29 is 0 Å². The Morgan fingerprint density at radius 2 is 1.86 bits per heavy atom. The van der Waals surface area contributed by atoms with E-state index in [0.29, 0.717) is 16.7 Å². The molecule has 5 nitrogen and oxygen atoms in total. The molecule has 74 valence electrons. The van der Waals surface area contributed by atoms with Crippen LogP contribution in [0.2, 0.25) is 5.15 Å². The zero-order chi connectivity index (χ0) is 10.4. The number of halogens is 1. The van der Waals surface area contributed by atoms with E-state index >= 15 is 0 Å². The molecule has 2 aromatic rings. The van der Waals surface area contributed by atoms with Crippen molar-refractivity contribution in [1.29, 1.82) is 0 Å². The van der Waals surface area contributed by atoms with Crippen molar-refractivity contribution in [3.05, 3.63) is 23.9 Å². The third-order valence-electron chi connectivity index (χ3n) is 1.29. The SMILES string of the molecule is CC.Clc1nccnc1-c1ncn[nH]1. The van der Waals surface area contributed by atoms with E-state index in [0.717, 1.165) is 0 Å². The minimum atomic E-state index is 0.314. The van der Waals surface area contributed by atoms with Crippen LogP contribution in [0.15, 0.2) is 18.7 Å². The van der Waals surface area contributed by atoms with Gasteiger partial charge in [-0.1, -0.05) is 25.4 Å². The lowest BCUT2D eigenvalue weighted by atomic mass is 10.4. The normalized spacial score (nSPS) is 9.07. The fraction of sp³-hybridized carbons (Fsp3) is 0.250. The fourth-order valence-corrected chi connectivity index (χ4v) is 0.994. The van der Waals surface area contributed by atoms with Crippen LogP contribution in [-0.2, 0) is 0 Å². The van der Waals surface area contributed by atoms with Gasteiger partial charge in [-0.25, -0.2) is 15.0 Å². The molecule has 6 heteroatoms. The van der Waals surface area contributed by atoms with Crippen LogP contribution in [0.4, 0.5) is 0 Å². The van der Waals surface area contributed by atoms with Crippen molar-refractivity contribution in [2.45, 2.75) is 13.8 Å². The molecule has 0 saturated carbocycles. The van der Waals surface area contributed by atoms with Gasteiger partial charge >= 0.3 is 0 Å². The van der Waals surface area contributed by atoms with E-state index in [-0.39, 0.29) is 0 Å². The van der Waals surface area contributed by atoms with Gasteiger partial charge in [-0.05, 0) is 0 Å². The Labute approximate surface area is 86.6 Å². The first kappa shape index (κ1) is 10.6. The molecule has 0 spiro atoms. The van der Waals surface area contributed by atoms with Gasteiger partial charge in [-0.15, -0.1) is 0 Å². The maximum Gasteiger partial charge on any atom is 0.177 e. The van der Waals surface area contributed by atoms with Crippen molar-refractivity contribution in [3.63, 3.8) is 0 Å². The Balaban J connectivity index is 0.000000461. The van der Waals surface area contributed by atoms with Gasteiger partial charge in [-0.3, -0.25) is 5.10 Å². The molecular formula is C8H10ClN5. The molecule has 0 unspecified atom stereocenters. The molecule has 0 amide bonds. The topological polar surface area (TPSA) is 67.3 Å². The van der Waals surface area contributed by atoms with Crippen LogP contribution in [0.1, 0.15) is 13.8 Å².